The summed E-state index contributed by atoms with van der Waals surface area (Å²) in [5.41, 5.74) is 12.2. The van der Waals surface area contributed by atoms with Gasteiger partial charge in [0, 0.05) is 0 Å². The summed E-state index contributed by atoms with van der Waals surface area (Å²) >= 11 is 22.6. The minimum absolute atomic E-state index is 0.0576. The van der Waals surface area contributed by atoms with Crippen LogP contribution in [0.4, 0.5) is 17.1 Å². The fourth-order valence-electron chi connectivity index (χ4n) is 14.1. The molecule has 0 fully saturated rings. The van der Waals surface area contributed by atoms with Crippen LogP contribution in [0.15, 0.2) is 206 Å². The zero-order valence-corrected chi connectivity index (χ0v) is 50.1. The first-order chi connectivity index (χ1) is 40.4. The Bertz CT molecular complexity index is 4910. The van der Waals surface area contributed by atoms with Gasteiger partial charge in [0.1, 0.15) is 0 Å². The summed E-state index contributed by atoms with van der Waals surface area (Å²) in [5, 5.41) is 7.00. The predicted molar refractivity (Wildman–Crippen MR) is 342 cm³/mol. The molecule has 3 aromatic heterocycles. The SMILES string of the molecule is CC(C)(C)c1ccc(N2c3cc(-n4c5ccccc5c5ccccc54)cc4[c]3[Sb]35([O]c6c(Cl)c(Cl)c(Cl)c(Cl)c6[O]3)[c]3c(cc(-n6c7ccccc7c7ccccc76)cc3Oc3cc(-n6c7ccccc7c7ccccc76)cc2[c]35)O4)cc1. The molecule has 4 aliphatic rings. The first-order valence-corrected chi connectivity index (χ1v) is 34.9. The molecule has 0 radical (unpaired) electrons. The van der Waals surface area contributed by atoms with E-state index < -0.39 is 18.2 Å². The van der Waals surface area contributed by atoms with Gasteiger partial charge in [-0.1, -0.05) is 0 Å². The molecule has 0 saturated heterocycles. The van der Waals surface area contributed by atoms with Gasteiger partial charge in [0.05, 0.1) is 0 Å². The Balaban J connectivity index is 1.05. The van der Waals surface area contributed by atoms with Crippen molar-refractivity contribution in [3.8, 4) is 51.6 Å². The normalized spacial score (nSPS) is 15.3. The topological polar surface area (TPSA) is 55.0 Å². The summed E-state index contributed by atoms with van der Waals surface area (Å²) in [5.74, 6) is 2.49. The van der Waals surface area contributed by atoms with E-state index in [1.54, 1.807) is 0 Å². The van der Waals surface area contributed by atoms with Crippen molar-refractivity contribution in [2.24, 2.45) is 0 Å². The van der Waals surface area contributed by atoms with Gasteiger partial charge in [-0.05, 0) is 0 Å². The van der Waals surface area contributed by atoms with E-state index >= 15 is 0 Å². The van der Waals surface area contributed by atoms with Crippen LogP contribution in [0.2, 0.25) is 20.1 Å². The Morgan fingerprint density at radius 2 is 0.639 bits per heavy atom. The van der Waals surface area contributed by atoms with Gasteiger partial charge in [-0.3, -0.25) is 0 Å². The number of ether oxygens (including phenoxy) is 2. The Hall–Kier alpha value is -8.20. The van der Waals surface area contributed by atoms with Crippen molar-refractivity contribution < 1.29 is 15.5 Å². The van der Waals surface area contributed by atoms with E-state index in [1.807, 2.05) is 0 Å². The molecule has 14 aromatic rings. The van der Waals surface area contributed by atoms with E-state index in [1.165, 1.54) is 5.56 Å². The quantitative estimate of drug-likeness (QED) is 0.0998. The number of nitrogens with zero attached hydrogens (tertiary/aromatic N) is 4. The molecule has 1 spiro atoms. The molecular weight excluding hydrogens is 1220 g/mol. The number of anilines is 3. The van der Waals surface area contributed by atoms with E-state index in [0.29, 0.717) is 26.5 Å². The van der Waals surface area contributed by atoms with Crippen LogP contribution < -0.4 is 30.9 Å². The van der Waals surface area contributed by atoms with Crippen molar-refractivity contribution >= 4 is 158 Å². The van der Waals surface area contributed by atoms with Gasteiger partial charge in [0.25, 0.3) is 0 Å². The molecule has 0 N–H and O–H groups in total. The molecule has 8 nitrogen and oxygen atoms in total. The number of halogens is 4. The summed E-state index contributed by atoms with van der Waals surface area (Å²) in [6.45, 7) is 6.71. The second-order valence-electron chi connectivity index (χ2n) is 22.9. The van der Waals surface area contributed by atoms with Crippen LogP contribution in [0.1, 0.15) is 26.3 Å². The van der Waals surface area contributed by atoms with Crippen molar-refractivity contribution in [1.82, 2.24) is 13.7 Å². The number of fused-ring (bicyclic) bond motifs is 10. The van der Waals surface area contributed by atoms with Crippen LogP contribution >= 0.6 is 46.4 Å². The van der Waals surface area contributed by atoms with Crippen LogP contribution in [0, 0.1) is 0 Å². The molecular formula is C70H43Cl4N4O4Sb. The van der Waals surface area contributed by atoms with Crippen LogP contribution in [0.25, 0.3) is 82.5 Å². The second-order valence-corrected chi connectivity index (χ2v) is 34.8. The molecule has 18 rings (SSSR count). The average molecular weight is 1270 g/mol. The zero-order valence-electron chi connectivity index (χ0n) is 44.5. The Labute approximate surface area is 497 Å². The Kier molecular flexibility index (Phi) is 9.63. The molecule has 0 atom stereocenters. The van der Waals surface area contributed by atoms with Crippen LogP contribution in [-0.2, 0) is 5.41 Å². The molecule has 11 aromatic carbocycles. The van der Waals surface area contributed by atoms with Crippen molar-refractivity contribution in [2.45, 2.75) is 26.2 Å². The summed E-state index contributed by atoms with van der Waals surface area (Å²) in [4.78, 5) is 2.34. The summed E-state index contributed by atoms with van der Waals surface area (Å²) in [7, 11) is 0. The molecule has 4 aliphatic heterocycles. The first kappa shape index (κ1) is 48.3. The van der Waals surface area contributed by atoms with E-state index in [0.717, 1.165) is 107 Å². The summed E-state index contributed by atoms with van der Waals surface area (Å²) < 4.78 is 41.0. The summed E-state index contributed by atoms with van der Waals surface area (Å²) in [6.07, 6.45) is 0. The van der Waals surface area contributed by atoms with E-state index in [2.05, 4.69) is 246 Å². The molecule has 0 bridgehead atoms. The minimum atomic E-state index is -6.60. The molecule has 7 heterocycles. The van der Waals surface area contributed by atoms with Crippen molar-refractivity contribution in [3.05, 3.63) is 232 Å². The van der Waals surface area contributed by atoms with Crippen molar-refractivity contribution in [2.75, 3.05) is 4.90 Å². The maximum absolute atomic E-state index is 8.23. The second kappa shape index (κ2) is 16.5. The van der Waals surface area contributed by atoms with Crippen molar-refractivity contribution in [1.29, 1.82) is 0 Å². The van der Waals surface area contributed by atoms with E-state index in [9.17, 15) is 0 Å². The van der Waals surface area contributed by atoms with E-state index in [4.69, 9.17) is 61.9 Å². The molecule has 0 saturated carbocycles. The number of benzene rings is 11. The monoisotopic (exact) mass is 1260 g/mol. The molecule has 400 valence electrons. The first-order valence-electron chi connectivity index (χ1n) is 27.4. The number of aromatic nitrogens is 3. The van der Waals surface area contributed by atoms with Gasteiger partial charge in [-0.15, -0.1) is 0 Å². The Morgan fingerprint density at radius 3 is 0.964 bits per heavy atom. The molecule has 0 amide bonds. The van der Waals surface area contributed by atoms with Crippen molar-refractivity contribution in [3.63, 3.8) is 0 Å². The molecule has 0 unspecified atom stereocenters. The third-order valence-corrected chi connectivity index (χ3v) is 33.0. The van der Waals surface area contributed by atoms with Gasteiger partial charge >= 0.3 is 501 Å². The van der Waals surface area contributed by atoms with Gasteiger partial charge < -0.3 is 0 Å². The summed E-state index contributed by atoms with van der Waals surface area (Å²) in [6, 6.07) is 73.1. The standard InChI is InChI=1S/C64H43N4O2.C6H2Cl4O2.Sb/c1-64(2,3)41-28-30-42(31-29-41)65-43-32-45(66-58-22-10-4-16-52(58)53-17-5-11-23-59(53)66)36-48(34-43)69-50-38-47(68-62-26-14-8-20-56(62)57-21-9-15-27-63(57)68)39-51(40-50)70-49-35-44(65)33-46(37-49)67-60-24-12-6-18-54(60)55-19-7-13-25-61(55)67;7-1-2(8)4(10)6(12)5(11)3(1)9;/h4-33,36-39H,1-3H3;11-12H;/q;;+2/p-2. The fraction of sp³-hybridized carbons (Fsp3) is 0.0571. The predicted octanol–water partition coefficient (Wildman–Crippen LogP) is 18.8. The third kappa shape index (κ3) is 6.10. The Morgan fingerprint density at radius 1 is 0.337 bits per heavy atom. The third-order valence-electron chi connectivity index (χ3n) is 17.5. The van der Waals surface area contributed by atoms with Crippen LogP contribution in [0.3, 0.4) is 0 Å². The van der Waals surface area contributed by atoms with Crippen LogP contribution in [-0.4, -0.2) is 31.9 Å². The molecule has 0 aliphatic carbocycles. The van der Waals surface area contributed by atoms with Gasteiger partial charge in [0.2, 0.25) is 0 Å². The average Bonchev–Trinajstić information content (AvgIpc) is 1.01. The maximum atomic E-state index is 8.23. The number of rotatable bonds is 4. The molecule has 83 heavy (non-hydrogen) atoms. The van der Waals surface area contributed by atoms with Gasteiger partial charge in [-0.2, -0.15) is 0 Å². The fourth-order valence-corrected chi connectivity index (χ4v) is 31.0. The van der Waals surface area contributed by atoms with Gasteiger partial charge in [-0.25, -0.2) is 0 Å². The van der Waals surface area contributed by atoms with Gasteiger partial charge in [0.15, 0.2) is 0 Å². The number of para-hydroxylation sites is 6. The van der Waals surface area contributed by atoms with Crippen LogP contribution in [0.5, 0.6) is 34.5 Å². The number of hydrogen-bond donors (Lipinski definition) is 0. The van der Waals surface area contributed by atoms with E-state index in [-0.39, 0.29) is 37.0 Å². The number of hydrogen-bond acceptors (Lipinski definition) is 5. The zero-order chi connectivity index (χ0) is 55.6. The molecule has 13 heteroatoms.